The predicted octanol–water partition coefficient (Wildman–Crippen LogP) is 2.23. The quantitative estimate of drug-likeness (QED) is 0.817. The fourth-order valence-corrected chi connectivity index (χ4v) is 0.937. The molecule has 0 aliphatic rings. The monoisotopic (exact) mass is 236 g/mol. The van der Waals surface area contributed by atoms with Crippen molar-refractivity contribution in [2.75, 3.05) is 5.32 Å². The number of nitrogens with one attached hydrogen (secondary N) is 1. The Morgan fingerprint density at radius 1 is 1.50 bits per heavy atom. The van der Waals surface area contributed by atoms with E-state index in [0.29, 0.717) is 5.69 Å². The molecule has 1 aromatic heterocycles. The van der Waals surface area contributed by atoms with Gasteiger partial charge in [0.15, 0.2) is 0 Å². The number of hydrogen-bond donors (Lipinski definition) is 1. The molecule has 7 heteroatoms. The third-order valence-electron chi connectivity index (χ3n) is 1.73. The van der Waals surface area contributed by atoms with Crippen LogP contribution in [0.5, 0.6) is 0 Å². The molecule has 0 spiro atoms. The number of hydrogen-bond acceptors (Lipinski definition) is 2. The van der Waals surface area contributed by atoms with Gasteiger partial charge in [-0.2, -0.15) is 8.78 Å². The molecular formula is C9H8F4N2O. The van der Waals surface area contributed by atoms with Gasteiger partial charge in [-0.05, 0) is 19.1 Å². The summed E-state index contributed by atoms with van der Waals surface area (Å²) in [6.45, 7) is 1.57. The summed E-state index contributed by atoms with van der Waals surface area (Å²) in [5.41, 5.74) is 0.469. The summed E-state index contributed by atoms with van der Waals surface area (Å²) in [7, 11) is 0. The highest BCUT2D eigenvalue weighted by Crippen LogP contribution is 2.24. The van der Waals surface area contributed by atoms with Crippen molar-refractivity contribution in [2.24, 2.45) is 0 Å². The standard InChI is InChI=1S/C9H8F4N2O/c1-5-4-6(2-3-14-5)15-8(16)9(12,13)7(10)11/h2-4,7H,1H3,(H,14,15,16). The maximum Gasteiger partial charge on any atom is 0.383 e. The molecule has 1 amide bonds. The summed E-state index contributed by atoms with van der Waals surface area (Å²) in [6, 6.07) is 2.52. The second-order valence-corrected chi connectivity index (χ2v) is 3.06. The van der Waals surface area contributed by atoms with Crippen LogP contribution in [-0.2, 0) is 4.79 Å². The van der Waals surface area contributed by atoms with Crippen molar-refractivity contribution in [1.29, 1.82) is 0 Å². The molecular weight excluding hydrogens is 228 g/mol. The highest BCUT2D eigenvalue weighted by Gasteiger charge is 2.48. The molecule has 0 aromatic carbocycles. The second kappa shape index (κ2) is 4.46. The van der Waals surface area contributed by atoms with Gasteiger partial charge in [0.1, 0.15) is 0 Å². The van der Waals surface area contributed by atoms with E-state index in [9.17, 15) is 22.4 Å². The van der Waals surface area contributed by atoms with Crippen molar-refractivity contribution in [3.8, 4) is 0 Å². The summed E-state index contributed by atoms with van der Waals surface area (Å²) >= 11 is 0. The molecule has 1 rings (SSSR count). The number of carbonyl (C=O) groups excluding carboxylic acids is 1. The van der Waals surface area contributed by atoms with E-state index >= 15 is 0 Å². The average Bonchev–Trinajstić information content (AvgIpc) is 2.17. The minimum atomic E-state index is -4.70. The highest BCUT2D eigenvalue weighted by molar-refractivity contribution is 5.96. The maximum atomic E-state index is 12.5. The van der Waals surface area contributed by atoms with Gasteiger partial charge in [0, 0.05) is 17.6 Å². The van der Waals surface area contributed by atoms with Crippen LogP contribution in [0.25, 0.3) is 0 Å². The van der Waals surface area contributed by atoms with Crippen LogP contribution in [0.1, 0.15) is 5.69 Å². The summed E-state index contributed by atoms with van der Waals surface area (Å²) in [4.78, 5) is 14.6. The van der Waals surface area contributed by atoms with Gasteiger partial charge in [-0.25, -0.2) is 8.78 Å². The Kier molecular flexibility index (Phi) is 3.46. The first kappa shape index (κ1) is 12.4. The van der Waals surface area contributed by atoms with E-state index in [2.05, 4.69) is 4.98 Å². The van der Waals surface area contributed by atoms with Crippen molar-refractivity contribution in [1.82, 2.24) is 4.98 Å². The smallest absolute Gasteiger partial charge is 0.321 e. The van der Waals surface area contributed by atoms with Gasteiger partial charge in [0.05, 0.1) is 0 Å². The zero-order valence-electron chi connectivity index (χ0n) is 8.18. The minimum Gasteiger partial charge on any atom is -0.321 e. The zero-order valence-corrected chi connectivity index (χ0v) is 8.18. The van der Waals surface area contributed by atoms with Crippen LogP contribution in [0.2, 0.25) is 0 Å². The summed E-state index contributed by atoms with van der Waals surface area (Å²) in [5.74, 6) is -6.73. The molecule has 16 heavy (non-hydrogen) atoms. The van der Waals surface area contributed by atoms with Gasteiger partial charge in [-0.1, -0.05) is 0 Å². The molecule has 0 saturated carbocycles. The van der Waals surface area contributed by atoms with Crippen LogP contribution < -0.4 is 5.32 Å². The first-order chi connectivity index (χ1) is 7.34. The van der Waals surface area contributed by atoms with Crippen molar-refractivity contribution in [3.05, 3.63) is 24.0 Å². The Morgan fingerprint density at radius 2 is 2.12 bits per heavy atom. The molecule has 0 saturated heterocycles. The van der Waals surface area contributed by atoms with Crippen molar-refractivity contribution in [3.63, 3.8) is 0 Å². The van der Waals surface area contributed by atoms with Gasteiger partial charge in [-0.3, -0.25) is 9.78 Å². The largest absolute Gasteiger partial charge is 0.383 e. The Hall–Kier alpha value is -1.66. The van der Waals surface area contributed by atoms with E-state index in [1.54, 1.807) is 12.2 Å². The van der Waals surface area contributed by atoms with Gasteiger partial charge >= 0.3 is 18.3 Å². The third kappa shape index (κ3) is 2.68. The molecule has 0 unspecified atom stereocenters. The zero-order chi connectivity index (χ0) is 12.3. The Labute approximate surface area is 88.5 Å². The number of aryl methyl sites for hydroxylation is 1. The number of amides is 1. The van der Waals surface area contributed by atoms with Crippen LogP contribution in [0.4, 0.5) is 23.2 Å². The van der Waals surface area contributed by atoms with Gasteiger partial charge in [0.25, 0.3) is 0 Å². The van der Waals surface area contributed by atoms with E-state index in [0.717, 1.165) is 0 Å². The van der Waals surface area contributed by atoms with Crippen molar-refractivity contribution >= 4 is 11.6 Å². The number of carbonyl (C=O) groups is 1. The first-order valence-electron chi connectivity index (χ1n) is 4.24. The van der Waals surface area contributed by atoms with Crippen molar-refractivity contribution in [2.45, 2.75) is 19.3 Å². The lowest BCUT2D eigenvalue weighted by Crippen LogP contribution is -2.40. The topological polar surface area (TPSA) is 42.0 Å². The van der Waals surface area contributed by atoms with E-state index < -0.39 is 18.3 Å². The second-order valence-electron chi connectivity index (χ2n) is 3.06. The van der Waals surface area contributed by atoms with E-state index in [4.69, 9.17) is 0 Å². The predicted molar refractivity (Wildman–Crippen MR) is 48.6 cm³/mol. The minimum absolute atomic E-state index is 0.00201. The van der Waals surface area contributed by atoms with Crippen LogP contribution in [-0.4, -0.2) is 23.2 Å². The molecule has 3 nitrogen and oxygen atoms in total. The fourth-order valence-electron chi connectivity index (χ4n) is 0.937. The number of aromatic nitrogens is 1. The molecule has 0 aliphatic carbocycles. The number of halogens is 4. The van der Waals surface area contributed by atoms with E-state index in [1.165, 1.54) is 18.3 Å². The molecule has 1 aromatic rings. The Balaban J connectivity index is 2.79. The van der Waals surface area contributed by atoms with Gasteiger partial charge in [0.2, 0.25) is 0 Å². The molecule has 0 atom stereocenters. The number of anilines is 1. The SMILES string of the molecule is Cc1cc(NC(=O)C(F)(F)C(F)F)ccn1. The lowest BCUT2D eigenvalue weighted by molar-refractivity contribution is -0.163. The molecule has 0 fully saturated rings. The number of pyridine rings is 1. The first-order valence-corrected chi connectivity index (χ1v) is 4.24. The van der Waals surface area contributed by atoms with Crippen LogP contribution >= 0.6 is 0 Å². The lowest BCUT2D eigenvalue weighted by Gasteiger charge is -2.14. The molecule has 0 radical (unpaired) electrons. The normalized spacial score (nSPS) is 11.6. The number of alkyl halides is 4. The van der Waals surface area contributed by atoms with Gasteiger partial charge < -0.3 is 5.32 Å². The van der Waals surface area contributed by atoms with Crippen LogP contribution in [0.3, 0.4) is 0 Å². The fraction of sp³-hybridized carbons (Fsp3) is 0.333. The summed E-state index contributed by atoms with van der Waals surface area (Å²) in [6.07, 6.45) is -2.76. The summed E-state index contributed by atoms with van der Waals surface area (Å²) in [5, 5.41) is 1.70. The molecule has 88 valence electrons. The maximum absolute atomic E-state index is 12.5. The van der Waals surface area contributed by atoms with E-state index in [1.807, 2.05) is 0 Å². The molecule has 1 heterocycles. The summed E-state index contributed by atoms with van der Waals surface area (Å²) < 4.78 is 48.7. The Morgan fingerprint density at radius 3 is 2.62 bits per heavy atom. The van der Waals surface area contributed by atoms with Crippen LogP contribution in [0, 0.1) is 6.92 Å². The molecule has 1 N–H and O–H groups in total. The van der Waals surface area contributed by atoms with Gasteiger partial charge in [-0.15, -0.1) is 0 Å². The van der Waals surface area contributed by atoms with Crippen molar-refractivity contribution < 1.29 is 22.4 Å². The number of nitrogens with zero attached hydrogens (tertiary/aromatic N) is 1. The van der Waals surface area contributed by atoms with E-state index in [-0.39, 0.29) is 5.69 Å². The average molecular weight is 236 g/mol. The highest BCUT2D eigenvalue weighted by atomic mass is 19.3. The van der Waals surface area contributed by atoms with Crippen LogP contribution in [0.15, 0.2) is 18.3 Å². The number of rotatable bonds is 3. The molecule has 0 bridgehead atoms. The third-order valence-corrected chi connectivity index (χ3v) is 1.73. The lowest BCUT2D eigenvalue weighted by atomic mass is 10.3. The Bertz CT molecular complexity index is 395. The molecule has 0 aliphatic heterocycles.